The Labute approximate surface area is 373 Å². The van der Waals surface area contributed by atoms with Crippen molar-refractivity contribution in [2.45, 2.75) is 217 Å². The summed E-state index contributed by atoms with van der Waals surface area (Å²) >= 11 is 0. The summed E-state index contributed by atoms with van der Waals surface area (Å²) in [4.78, 5) is 0. The number of hydrogen-bond acceptors (Lipinski definition) is 10. The van der Waals surface area contributed by atoms with Crippen LogP contribution in [0.25, 0.3) is 0 Å². The number of aliphatic hydroxyl groups is 6. The molecule has 6 aliphatic carbocycles. The number of allylic oxidation sites excluding steroid dienone is 6. The van der Waals surface area contributed by atoms with Crippen LogP contribution in [0, 0.1) is 34.5 Å². The highest BCUT2D eigenvalue weighted by atomic mass is 16.6. The number of ether oxygens (including phenoxy) is 4. The van der Waals surface area contributed by atoms with Gasteiger partial charge in [0.2, 0.25) is 0 Å². The number of fused-ring (bicyclic) bond motifs is 2. The Morgan fingerprint density at radius 2 is 0.935 bits per heavy atom. The van der Waals surface area contributed by atoms with E-state index in [1.807, 2.05) is 27.7 Å². The van der Waals surface area contributed by atoms with Crippen LogP contribution in [0.15, 0.2) is 46.6 Å². The van der Waals surface area contributed by atoms with Gasteiger partial charge in [0, 0.05) is 13.2 Å². The molecule has 12 atom stereocenters. The van der Waals surface area contributed by atoms with Gasteiger partial charge in [-0.3, -0.25) is 0 Å². The molecule has 2 aliphatic heterocycles. The van der Waals surface area contributed by atoms with Gasteiger partial charge in [0.25, 0.3) is 0 Å². The first-order valence-electron chi connectivity index (χ1n) is 24.6. The van der Waals surface area contributed by atoms with Crippen molar-refractivity contribution >= 4 is 0 Å². The third-order valence-corrected chi connectivity index (χ3v) is 17.5. The average Bonchev–Trinajstić information content (AvgIpc) is 4.10. The number of epoxide rings is 2. The standard InChI is InChI=1S/2C26H42O5/c2*1-17(30-13-12-24(2,3)29)20-9-10-21-19(6-5-11-25(20,21)4)8-7-18-14-22(27)26(16-31-26)23(28)15-18/h2*7-8,17,20-23,27-29H,5-6,9-16H2,1-4H3/b2*18-7?,19-8+/t2*17-,20?,21?,22-,23-,25?,26?/m11/s1. The molecule has 0 bridgehead atoms. The third kappa shape index (κ3) is 10.4. The highest BCUT2D eigenvalue weighted by Crippen LogP contribution is 2.60. The van der Waals surface area contributed by atoms with Gasteiger partial charge in [0.05, 0.1) is 61.0 Å². The Hall–Kier alpha value is -1.44. The molecule has 10 nitrogen and oxygen atoms in total. The molecule has 2 saturated heterocycles. The Bertz CT molecular complexity index is 1520. The van der Waals surface area contributed by atoms with E-state index in [0.29, 0.717) is 88.6 Å². The lowest BCUT2D eigenvalue weighted by atomic mass is 9.62. The minimum atomic E-state index is -0.687. The van der Waals surface area contributed by atoms with Crippen molar-refractivity contribution < 1.29 is 49.6 Å². The van der Waals surface area contributed by atoms with Gasteiger partial charge in [-0.25, -0.2) is 0 Å². The van der Waals surface area contributed by atoms with Crippen LogP contribution >= 0.6 is 0 Å². The van der Waals surface area contributed by atoms with E-state index in [9.17, 15) is 30.6 Å². The van der Waals surface area contributed by atoms with E-state index in [-0.39, 0.29) is 23.0 Å². The fourth-order valence-corrected chi connectivity index (χ4v) is 13.3. The maximum atomic E-state index is 10.4. The van der Waals surface area contributed by atoms with E-state index in [1.165, 1.54) is 62.5 Å². The molecule has 6 N–H and O–H groups in total. The van der Waals surface area contributed by atoms with Gasteiger partial charge < -0.3 is 49.6 Å². The summed E-state index contributed by atoms with van der Waals surface area (Å²) < 4.78 is 23.2. The van der Waals surface area contributed by atoms with Gasteiger partial charge in [-0.2, -0.15) is 0 Å². The lowest BCUT2D eigenvalue weighted by molar-refractivity contribution is -0.0459. The molecule has 0 amide bonds. The van der Waals surface area contributed by atoms with E-state index >= 15 is 0 Å². The highest BCUT2D eigenvalue weighted by Gasteiger charge is 2.60. The normalized spacial score (nSPS) is 42.7. The molecule has 8 fully saturated rings. The maximum Gasteiger partial charge on any atom is 0.144 e. The van der Waals surface area contributed by atoms with Crippen molar-refractivity contribution in [3.05, 3.63) is 46.6 Å². The van der Waals surface area contributed by atoms with Crippen LogP contribution in [0.3, 0.4) is 0 Å². The molecule has 0 radical (unpaired) electrons. The topological polar surface area (TPSA) is 165 Å². The molecule has 10 heteroatoms. The van der Waals surface area contributed by atoms with Crippen LogP contribution < -0.4 is 0 Å². The quantitative estimate of drug-likeness (QED) is 0.107. The summed E-state index contributed by atoms with van der Waals surface area (Å²) in [6.07, 6.45) is 22.6. The molecule has 62 heavy (non-hydrogen) atoms. The van der Waals surface area contributed by atoms with Crippen molar-refractivity contribution in [2.24, 2.45) is 34.5 Å². The minimum absolute atomic E-state index is 0.202. The molecule has 0 aromatic heterocycles. The second kappa shape index (κ2) is 18.7. The van der Waals surface area contributed by atoms with E-state index in [2.05, 4.69) is 52.0 Å². The minimum Gasteiger partial charge on any atom is -0.390 e. The van der Waals surface area contributed by atoms with Crippen LogP contribution in [0.4, 0.5) is 0 Å². The first-order valence-corrected chi connectivity index (χ1v) is 24.6. The zero-order valence-electron chi connectivity index (χ0n) is 39.5. The lowest BCUT2D eigenvalue weighted by Crippen LogP contribution is -2.45. The molecule has 8 rings (SSSR count). The van der Waals surface area contributed by atoms with Crippen LogP contribution in [0.1, 0.15) is 158 Å². The molecular weight excluding hydrogens is 785 g/mol. The molecule has 2 spiro atoms. The molecule has 0 aromatic rings. The first-order chi connectivity index (χ1) is 29.1. The maximum absolute atomic E-state index is 10.4. The van der Waals surface area contributed by atoms with E-state index in [4.69, 9.17) is 18.9 Å². The fraction of sp³-hybridized carbons (Fsp3) is 0.846. The number of aliphatic hydroxyl groups excluding tert-OH is 4. The van der Waals surface area contributed by atoms with Crippen molar-refractivity contribution in [3.8, 4) is 0 Å². The van der Waals surface area contributed by atoms with E-state index in [1.54, 1.807) is 0 Å². The van der Waals surface area contributed by atoms with Gasteiger partial charge in [-0.05, 0) is 179 Å². The second-order valence-electron chi connectivity index (χ2n) is 23.0. The van der Waals surface area contributed by atoms with Gasteiger partial charge in [-0.15, -0.1) is 0 Å². The van der Waals surface area contributed by atoms with E-state index < -0.39 is 46.8 Å². The molecule has 2 heterocycles. The first kappa shape index (κ1) is 48.5. The highest BCUT2D eigenvalue weighted by molar-refractivity contribution is 5.30. The SMILES string of the molecule is C[C@@H](OCCC(C)(C)O)C1CCC2/C(=C/C=C3C[C@@H](O)C4(CO4)[C@H](O)C3)CCCC21C.C[C@@H](OCCC(C)(C)O)C1CCC2/C(=C/C=C3C[C@@H](O)C4(CO4)[C@H](O)C3)CCCC21C. The molecule has 6 unspecified atom stereocenters. The summed E-state index contributed by atoms with van der Waals surface area (Å²) in [7, 11) is 0. The van der Waals surface area contributed by atoms with Gasteiger partial charge in [0.1, 0.15) is 11.2 Å². The van der Waals surface area contributed by atoms with Gasteiger partial charge in [0.15, 0.2) is 0 Å². The number of hydrogen-bond donors (Lipinski definition) is 6. The van der Waals surface area contributed by atoms with Crippen molar-refractivity contribution in [3.63, 3.8) is 0 Å². The smallest absolute Gasteiger partial charge is 0.144 e. The summed E-state index contributed by atoms with van der Waals surface area (Å²) in [5.74, 6) is 2.25. The van der Waals surface area contributed by atoms with Crippen molar-refractivity contribution in [1.29, 1.82) is 0 Å². The van der Waals surface area contributed by atoms with Crippen LogP contribution in [-0.2, 0) is 18.9 Å². The van der Waals surface area contributed by atoms with Gasteiger partial charge in [-0.1, -0.05) is 60.4 Å². The zero-order chi connectivity index (χ0) is 44.9. The second-order valence-corrected chi connectivity index (χ2v) is 23.0. The third-order valence-electron chi connectivity index (χ3n) is 17.5. The van der Waals surface area contributed by atoms with Gasteiger partial charge >= 0.3 is 0 Å². The zero-order valence-corrected chi connectivity index (χ0v) is 39.5. The molecule has 6 saturated carbocycles. The molecule has 0 aromatic carbocycles. The fourth-order valence-electron chi connectivity index (χ4n) is 13.3. The average molecular weight is 869 g/mol. The van der Waals surface area contributed by atoms with Crippen LogP contribution in [0.2, 0.25) is 0 Å². The van der Waals surface area contributed by atoms with Crippen molar-refractivity contribution in [2.75, 3.05) is 26.4 Å². The molecular formula is C52H84O10. The Morgan fingerprint density at radius 3 is 1.24 bits per heavy atom. The Kier molecular flexibility index (Phi) is 14.6. The number of rotatable bonds is 12. The Balaban J connectivity index is 0.000000186. The summed E-state index contributed by atoms with van der Waals surface area (Å²) in [6, 6.07) is 0. The largest absolute Gasteiger partial charge is 0.390 e. The van der Waals surface area contributed by atoms with E-state index in [0.717, 1.165) is 24.0 Å². The summed E-state index contributed by atoms with van der Waals surface area (Å²) in [5, 5.41) is 61.6. The van der Waals surface area contributed by atoms with Crippen LogP contribution in [-0.4, -0.2) is 116 Å². The summed E-state index contributed by atoms with van der Waals surface area (Å²) in [5.41, 5.74) is 3.09. The summed E-state index contributed by atoms with van der Waals surface area (Å²) in [6.45, 7) is 18.8. The predicted octanol–water partition coefficient (Wildman–Crippen LogP) is 7.81. The Morgan fingerprint density at radius 1 is 0.597 bits per heavy atom. The van der Waals surface area contributed by atoms with Crippen molar-refractivity contribution in [1.82, 2.24) is 0 Å². The molecule has 8 aliphatic rings. The molecule has 352 valence electrons. The predicted molar refractivity (Wildman–Crippen MR) is 241 cm³/mol. The lowest BCUT2D eigenvalue weighted by Gasteiger charge is -2.44. The monoisotopic (exact) mass is 869 g/mol. The van der Waals surface area contributed by atoms with Crippen LogP contribution in [0.5, 0.6) is 0 Å².